The van der Waals surface area contributed by atoms with Gasteiger partial charge in [0, 0.05) is 0 Å². The van der Waals surface area contributed by atoms with E-state index in [0.29, 0.717) is 5.92 Å². The molecule has 0 bridgehead atoms. The van der Waals surface area contributed by atoms with Crippen molar-refractivity contribution in [3.05, 3.63) is 47.5 Å². The van der Waals surface area contributed by atoms with Crippen molar-refractivity contribution in [2.75, 3.05) is 0 Å². The summed E-state index contributed by atoms with van der Waals surface area (Å²) in [5.74, 6) is 0.625. The lowest BCUT2D eigenvalue weighted by molar-refractivity contribution is 0.857. The van der Waals surface area contributed by atoms with E-state index in [1.807, 2.05) is 0 Å². The van der Waals surface area contributed by atoms with Crippen molar-refractivity contribution in [1.29, 1.82) is 0 Å². The third-order valence-electron chi connectivity index (χ3n) is 2.46. The largest absolute Gasteiger partial charge is 0.100 e. The molecule has 0 spiro atoms. The molecule has 1 aromatic rings. The van der Waals surface area contributed by atoms with Gasteiger partial charge in [0.25, 0.3) is 0 Å². The van der Waals surface area contributed by atoms with Crippen LogP contribution in [0.3, 0.4) is 0 Å². The maximum Gasteiger partial charge on any atom is -0.0219 e. The second-order valence-corrected chi connectivity index (χ2v) is 4.36. The van der Waals surface area contributed by atoms with E-state index in [4.69, 9.17) is 0 Å². The van der Waals surface area contributed by atoms with E-state index in [9.17, 15) is 0 Å². The first kappa shape index (κ1) is 11.0. The minimum absolute atomic E-state index is 0.625. The van der Waals surface area contributed by atoms with Gasteiger partial charge in [-0.3, -0.25) is 0 Å². The van der Waals surface area contributed by atoms with Crippen LogP contribution >= 0.6 is 0 Å². The maximum absolute atomic E-state index is 3.93. The Morgan fingerprint density at radius 1 is 1.36 bits per heavy atom. The number of aryl methyl sites for hydroxylation is 1. The summed E-state index contributed by atoms with van der Waals surface area (Å²) in [5.41, 5.74) is 4.13. The molecule has 0 fully saturated rings. The average Bonchev–Trinajstić information content (AvgIpc) is 2.15. The molecule has 0 aromatic heterocycles. The van der Waals surface area contributed by atoms with E-state index in [1.165, 1.54) is 16.7 Å². The highest BCUT2D eigenvalue weighted by Gasteiger charge is 2.00. The van der Waals surface area contributed by atoms with Gasteiger partial charge < -0.3 is 0 Å². The van der Waals surface area contributed by atoms with Crippen molar-refractivity contribution >= 4 is 0 Å². The maximum atomic E-state index is 3.93. The fourth-order valence-corrected chi connectivity index (χ4v) is 1.47. The summed E-state index contributed by atoms with van der Waals surface area (Å²) in [4.78, 5) is 0. The molecule has 0 aliphatic rings. The second kappa shape index (κ2) is 4.99. The Balaban J connectivity index is 2.68. The van der Waals surface area contributed by atoms with Crippen LogP contribution in [0.1, 0.15) is 44.2 Å². The Labute approximate surface area is 87.7 Å². The van der Waals surface area contributed by atoms with Gasteiger partial charge in [-0.05, 0) is 36.8 Å². The standard InChI is InChI=1S/C14H20/c1-11(2)8-9-13-6-5-7-14(10-13)12(3)4/h5-7,10,12H,1,8-9H2,2-4H3. The van der Waals surface area contributed by atoms with Crippen LogP contribution in [0, 0.1) is 0 Å². The van der Waals surface area contributed by atoms with Gasteiger partial charge in [0.2, 0.25) is 0 Å². The van der Waals surface area contributed by atoms with Gasteiger partial charge in [0.1, 0.15) is 0 Å². The normalized spacial score (nSPS) is 10.6. The molecule has 0 unspecified atom stereocenters. The molecule has 0 heteroatoms. The zero-order valence-corrected chi connectivity index (χ0v) is 9.51. The monoisotopic (exact) mass is 188 g/mol. The van der Waals surface area contributed by atoms with E-state index in [1.54, 1.807) is 0 Å². The van der Waals surface area contributed by atoms with E-state index >= 15 is 0 Å². The summed E-state index contributed by atoms with van der Waals surface area (Å²) in [6, 6.07) is 8.88. The molecule has 0 radical (unpaired) electrons. The van der Waals surface area contributed by atoms with Crippen LogP contribution in [0.15, 0.2) is 36.4 Å². The third-order valence-corrected chi connectivity index (χ3v) is 2.46. The zero-order chi connectivity index (χ0) is 10.6. The predicted octanol–water partition coefficient (Wildman–Crippen LogP) is 4.32. The topological polar surface area (TPSA) is 0 Å². The number of hydrogen-bond donors (Lipinski definition) is 0. The van der Waals surface area contributed by atoms with Gasteiger partial charge in [-0.1, -0.05) is 43.7 Å². The quantitative estimate of drug-likeness (QED) is 0.617. The highest BCUT2D eigenvalue weighted by molar-refractivity contribution is 5.26. The van der Waals surface area contributed by atoms with Crippen molar-refractivity contribution in [3.8, 4) is 0 Å². The lowest BCUT2D eigenvalue weighted by Gasteiger charge is -2.07. The summed E-state index contributed by atoms with van der Waals surface area (Å²) >= 11 is 0. The third kappa shape index (κ3) is 3.37. The minimum Gasteiger partial charge on any atom is -0.100 e. The van der Waals surface area contributed by atoms with Gasteiger partial charge in [0.15, 0.2) is 0 Å². The lowest BCUT2D eigenvalue weighted by Crippen LogP contribution is -1.91. The predicted molar refractivity (Wildman–Crippen MR) is 63.7 cm³/mol. The molecule has 0 nitrogen and oxygen atoms in total. The minimum atomic E-state index is 0.625. The molecule has 0 heterocycles. The van der Waals surface area contributed by atoms with Crippen LogP contribution < -0.4 is 0 Å². The molecular weight excluding hydrogens is 168 g/mol. The molecule has 76 valence electrons. The highest BCUT2D eigenvalue weighted by Crippen LogP contribution is 2.17. The van der Waals surface area contributed by atoms with Crippen LogP contribution in [-0.4, -0.2) is 0 Å². The number of allylic oxidation sites excluding steroid dienone is 1. The Kier molecular flexibility index (Phi) is 3.94. The first-order valence-corrected chi connectivity index (χ1v) is 5.33. The van der Waals surface area contributed by atoms with Crippen molar-refractivity contribution < 1.29 is 0 Å². The summed E-state index contributed by atoms with van der Waals surface area (Å²) in [6.45, 7) is 10.5. The van der Waals surface area contributed by atoms with Gasteiger partial charge >= 0.3 is 0 Å². The SMILES string of the molecule is C=C(C)CCc1cccc(C(C)C)c1. The lowest BCUT2D eigenvalue weighted by atomic mass is 9.98. The van der Waals surface area contributed by atoms with Crippen LogP contribution in [0.4, 0.5) is 0 Å². The van der Waals surface area contributed by atoms with Crippen molar-refractivity contribution in [2.24, 2.45) is 0 Å². The number of benzene rings is 1. The molecule has 0 N–H and O–H groups in total. The van der Waals surface area contributed by atoms with Crippen LogP contribution in [-0.2, 0) is 6.42 Å². The first-order chi connectivity index (χ1) is 6.59. The van der Waals surface area contributed by atoms with E-state index in [-0.39, 0.29) is 0 Å². The molecule has 0 aliphatic carbocycles. The second-order valence-electron chi connectivity index (χ2n) is 4.36. The average molecular weight is 188 g/mol. The number of hydrogen-bond acceptors (Lipinski definition) is 0. The fraction of sp³-hybridized carbons (Fsp3) is 0.429. The molecule has 0 amide bonds. The molecule has 0 saturated carbocycles. The van der Waals surface area contributed by atoms with Crippen LogP contribution in [0.2, 0.25) is 0 Å². The molecule has 0 atom stereocenters. The zero-order valence-electron chi connectivity index (χ0n) is 9.51. The molecule has 1 aromatic carbocycles. The Morgan fingerprint density at radius 3 is 2.64 bits per heavy atom. The molecular formula is C14H20. The van der Waals surface area contributed by atoms with Gasteiger partial charge in [-0.15, -0.1) is 6.58 Å². The van der Waals surface area contributed by atoms with E-state index in [2.05, 4.69) is 51.6 Å². The van der Waals surface area contributed by atoms with Crippen molar-refractivity contribution in [3.63, 3.8) is 0 Å². The van der Waals surface area contributed by atoms with Gasteiger partial charge in [-0.25, -0.2) is 0 Å². The van der Waals surface area contributed by atoms with Crippen molar-refractivity contribution in [1.82, 2.24) is 0 Å². The summed E-state index contributed by atoms with van der Waals surface area (Å²) in [7, 11) is 0. The molecule has 1 rings (SSSR count). The van der Waals surface area contributed by atoms with Gasteiger partial charge in [-0.2, -0.15) is 0 Å². The van der Waals surface area contributed by atoms with Crippen LogP contribution in [0.5, 0.6) is 0 Å². The Hall–Kier alpha value is -1.04. The highest BCUT2D eigenvalue weighted by atomic mass is 14.1. The van der Waals surface area contributed by atoms with Gasteiger partial charge in [0.05, 0.1) is 0 Å². The molecule has 14 heavy (non-hydrogen) atoms. The molecule has 0 aliphatic heterocycles. The summed E-state index contributed by atoms with van der Waals surface area (Å²) in [6.07, 6.45) is 2.22. The Bertz CT molecular complexity index is 308. The Morgan fingerprint density at radius 2 is 2.07 bits per heavy atom. The molecule has 0 saturated heterocycles. The smallest absolute Gasteiger partial charge is 0.0219 e. The van der Waals surface area contributed by atoms with Crippen molar-refractivity contribution in [2.45, 2.75) is 39.5 Å². The van der Waals surface area contributed by atoms with Crippen LogP contribution in [0.25, 0.3) is 0 Å². The van der Waals surface area contributed by atoms with E-state index < -0.39 is 0 Å². The van der Waals surface area contributed by atoms with E-state index in [0.717, 1.165) is 12.8 Å². The number of rotatable bonds is 4. The summed E-state index contributed by atoms with van der Waals surface area (Å²) in [5, 5.41) is 0. The summed E-state index contributed by atoms with van der Waals surface area (Å²) < 4.78 is 0. The fourth-order valence-electron chi connectivity index (χ4n) is 1.47. The first-order valence-electron chi connectivity index (χ1n) is 5.33.